The van der Waals surface area contributed by atoms with Gasteiger partial charge in [-0.3, -0.25) is 4.79 Å². The van der Waals surface area contributed by atoms with Gasteiger partial charge < -0.3 is 5.32 Å². The highest BCUT2D eigenvalue weighted by molar-refractivity contribution is 5.87. The van der Waals surface area contributed by atoms with Gasteiger partial charge in [0.15, 0.2) is 5.82 Å². The zero-order valence-electron chi connectivity index (χ0n) is 5.40. The number of aromatic nitrogens is 3. The van der Waals surface area contributed by atoms with Gasteiger partial charge in [0.05, 0.1) is 6.20 Å². The van der Waals surface area contributed by atoms with Crippen molar-refractivity contribution in [3.05, 3.63) is 12.3 Å². The molecule has 0 saturated heterocycles. The van der Waals surface area contributed by atoms with Gasteiger partial charge in [0.1, 0.15) is 0 Å². The van der Waals surface area contributed by atoms with Crippen molar-refractivity contribution in [1.82, 2.24) is 15.4 Å². The first-order valence-electron chi connectivity index (χ1n) is 2.71. The molecule has 0 spiro atoms. The van der Waals surface area contributed by atoms with Crippen molar-refractivity contribution < 1.29 is 4.79 Å². The van der Waals surface area contributed by atoms with Crippen LogP contribution in [0.3, 0.4) is 0 Å². The molecule has 0 fully saturated rings. The Balaban J connectivity index is 2.67. The maximum absolute atomic E-state index is 10.4. The van der Waals surface area contributed by atoms with Crippen LogP contribution in [0.2, 0.25) is 0 Å². The Labute approximate surface area is 57.5 Å². The van der Waals surface area contributed by atoms with Crippen LogP contribution >= 0.6 is 0 Å². The van der Waals surface area contributed by atoms with E-state index in [9.17, 15) is 4.79 Å². The van der Waals surface area contributed by atoms with E-state index < -0.39 is 0 Å². The summed E-state index contributed by atoms with van der Waals surface area (Å²) in [6.45, 7) is 1.40. The number of carbonyl (C=O) groups is 1. The van der Waals surface area contributed by atoms with E-state index in [0.717, 1.165) is 0 Å². The summed E-state index contributed by atoms with van der Waals surface area (Å²) >= 11 is 0. The third kappa shape index (κ3) is 1.77. The Bertz CT molecular complexity index is 222. The molecule has 0 aliphatic rings. The van der Waals surface area contributed by atoms with E-state index >= 15 is 0 Å². The molecule has 1 N–H and O–H groups in total. The number of nitrogens with one attached hydrogen (secondary N) is 1. The number of hydrogen-bond acceptors (Lipinski definition) is 4. The summed E-state index contributed by atoms with van der Waals surface area (Å²) in [4.78, 5) is 10.4. The first-order chi connectivity index (χ1) is 4.79. The van der Waals surface area contributed by atoms with Gasteiger partial charge in [-0.25, -0.2) is 0 Å². The van der Waals surface area contributed by atoms with Crippen molar-refractivity contribution >= 4 is 11.7 Å². The molecule has 1 aromatic rings. The lowest BCUT2D eigenvalue weighted by molar-refractivity contribution is -0.114. The number of anilines is 1. The topological polar surface area (TPSA) is 67.8 Å². The average Bonchev–Trinajstić information content (AvgIpc) is 1.88. The molecule has 0 aromatic carbocycles. The Morgan fingerprint density at radius 3 is 3.00 bits per heavy atom. The van der Waals surface area contributed by atoms with E-state index in [2.05, 4.69) is 20.7 Å². The molecule has 52 valence electrons. The normalized spacial score (nSPS) is 8.90. The molecular weight excluding hydrogens is 132 g/mol. The van der Waals surface area contributed by atoms with E-state index in [4.69, 9.17) is 0 Å². The van der Waals surface area contributed by atoms with Gasteiger partial charge in [-0.1, -0.05) is 0 Å². The van der Waals surface area contributed by atoms with Gasteiger partial charge in [-0.05, 0) is 5.21 Å². The lowest BCUT2D eigenvalue weighted by Gasteiger charge is -1.95. The molecule has 1 rings (SSSR count). The van der Waals surface area contributed by atoms with E-state index in [1.54, 1.807) is 6.07 Å². The van der Waals surface area contributed by atoms with Crippen molar-refractivity contribution in [1.29, 1.82) is 0 Å². The van der Waals surface area contributed by atoms with Crippen LogP contribution in [-0.2, 0) is 4.79 Å². The first kappa shape index (κ1) is 6.60. The predicted molar refractivity (Wildman–Crippen MR) is 34.1 cm³/mol. The number of rotatable bonds is 1. The van der Waals surface area contributed by atoms with Crippen LogP contribution in [0.1, 0.15) is 6.92 Å². The monoisotopic (exact) mass is 138 g/mol. The van der Waals surface area contributed by atoms with E-state index in [-0.39, 0.29) is 5.91 Å². The number of carbonyl (C=O) groups excluding carboxylic acids is 1. The summed E-state index contributed by atoms with van der Waals surface area (Å²) in [5.74, 6) is 0.253. The Morgan fingerprint density at radius 2 is 2.50 bits per heavy atom. The predicted octanol–water partition coefficient (Wildman–Crippen LogP) is -0.170. The molecule has 1 amide bonds. The molecule has 0 aliphatic carbocycles. The minimum atomic E-state index is -0.166. The molecule has 1 heterocycles. The average molecular weight is 138 g/mol. The third-order valence-corrected chi connectivity index (χ3v) is 0.807. The Hall–Kier alpha value is -1.52. The van der Waals surface area contributed by atoms with Crippen LogP contribution in [0.4, 0.5) is 5.82 Å². The van der Waals surface area contributed by atoms with Gasteiger partial charge in [0.2, 0.25) is 5.91 Å². The van der Waals surface area contributed by atoms with E-state index in [0.29, 0.717) is 5.82 Å². The van der Waals surface area contributed by atoms with Crippen LogP contribution in [0.5, 0.6) is 0 Å². The minimum Gasteiger partial charge on any atom is -0.309 e. The van der Waals surface area contributed by atoms with Crippen molar-refractivity contribution in [3.63, 3.8) is 0 Å². The maximum atomic E-state index is 10.4. The summed E-state index contributed by atoms with van der Waals surface area (Å²) < 4.78 is 0. The molecule has 0 radical (unpaired) electrons. The second kappa shape index (κ2) is 2.86. The summed E-state index contributed by atoms with van der Waals surface area (Å²) in [6.07, 6.45) is 1.46. The molecule has 0 aliphatic heterocycles. The Morgan fingerprint density at radius 1 is 1.70 bits per heavy atom. The molecule has 0 bridgehead atoms. The van der Waals surface area contributed by atoms with Crippen molar-refractivity contribution in [2.24, 2.45) is 0 Å². The lowest BCUT2D eigenvalue weighted by atomic mass is 10.6. The fraction of sp³-hybridized carbons (Fsp3) is 0.200. The molecule has 5 heteroatoms. The summed E-state index contributed by atoms with van der Waals surface area (Å²) in [7, 11) is 0. The zero-order valence-corrected chi connectivity index (χ0v) is 5.40. The minimum absolute atomic E-state index is 0.166. The second-order valence-electron chi connectivity index (χ2n) is 1.69. The summed E-state index contributed by atoms with van der Waals surface area (Å²) in [5, 5.41) is 12.7. The zero-order chi connectivity index (χ0) is 7.40. The lowest BCUT2D eigenvalue weighted by Crippen LogP contribution is -2.07. The quantitative estimate of drug-likeness (QED) is 0.585. The molecule has 5 nitrogen and oxygen atoms in total. The van der Waals surface area contributed by atoms with Gasteiger partial charge in [0.25, 0.3) is 0 Å². The number of hydrogen-bond donors (Lipinski definition) is 1. The van der Waals surface area contributed by atoms with Crippen LogP contribution in [0.15, 0.2) is 12.3 Å². The van der Waals surface area contributed by atoms with E-state index in [1.165, 1.54) is 13.1 Å². The highest BCUT2D eigenvalue weighted by atomic mass is 16.1. The van der Waals surface area contributed by atoms with Gasteiger partial charge in [0, 0.05) is 13.0 Å². The molecule has 0 atom stereocenters. The maximum Gasteiger partial charge on any atom is 0.222 e. The largest absolute Gasteiger partial charge is 0.309 e. The fourth-order valence-electron chi connectivity index (χ4n) is 0.488. The standard InChI is InChI=1S/C5H6N4O/c1-4(10)7-5-2-3-6-9-8-5/h2-3H,1H3,(H,6,7,8,10). The van der Waals surface area contributed by atoms with Crippen molar-refractivity contribution in [2.75, 3.05) is 5.32 Å². The summed E-state index contributed by atoms with van der Waals surface area (Å²) in [5.41, 5.74) is 0. The number of amides is 1. The van der Waals surface area contributed by atoms with Crippen LogP contribution in [0, 0.1) is 0 Å². The molecule has 0 unspecified atom stereocenters. The van der Waals surface area contributed by atoms with Crippen molar-refractivity contribution in [3.8, 4) is 0 Å². The SMILES string of the molecule is CC(=O)Nc1ccnnn1. The number of nitrogens with zero attached hydrogens (tertiary/aromatic N) is 3. The molecule has 1 aromatic heterocycles. The molecule has 0 saturated carbocycles. The molecular formula is C5H6N4O. The van der Waals surface area contributed by atoms with Gasteiger partial charge >= 0.3 is 0 Å². The van der Waals surface area contributed by atoms with Gasteiger partial charge in [-0.2, -0.15) is 0 Å². The smallest absolute Gasteiger partial charge is 0.222 e. The van der Waals surface area contributed by atoms with Crippen LogP contribution in [0.25, 0.3) is 0 Å². The fourth-order valence-corrected chi connectivity index (χ4v) is 0.488. The van der Waals surface area contributed by atoms with Crippen LogP contribution < -0.4 is 5.32 Å². The highest BCUT2D eigenvalue weighted by Gasteiger charge is 1.93. The van der Waals surface area contributed by atoms with Crippen molar-refractivity contribution in [2.45, 2.75) is 6.92 Å². The molecule has 10 heavy (non-hydrogen) atoms. The van der Waals surface area contributed by atoms with E-state index in [1.807, 2.05) is 0 Å². The highest BCUT2D eigenvalue weighted by Crippen LogP contribution is 1.94. The van der Waals surface area contributed by atoms with Crippen LogP contribution in [-0.4, -0.2) is 21.3 Å². The Kier molecular flexibility index (Phi) is 1.89. The second-order valence-corrected chi connectivity index (χ2v) is 1.69. The third-order valence-electron chi connectivity index (χ3n) is 0.807. The van der Waals surface area contributed by atoms with Gasteiger partial charge in [-0.15, -0.1) is 10.2 Å². The summed E-state index contributed by atoms with van der Waals surface area (Å²) in [6, 6.07) is 1.56. The first-order valence-corrected chi connectivity index (χ1v) is 2.71.